The molecular formula is C65H111FN10O5. The molecule has 1 spiro atoms. The van der Waals surface area contributed by atoms with Crippen molar-refractivity contribution in [2.24, 2.45) is 22.7 Å². The average molecular weight is 1130 g/mol. The van der Waals surface area contributed by atoms with Crippen LogP contribution in [0, 0.1) is 22.7 Å². The highest BCUT2D eigenvalue weighted by Gasteiger charge is 2.52. The van der Waals surface area contributed by atoms with Gasteiger partial charge in [0, 0.05) is 128 Å². The van der Waals surface area contributed by atoms with Crippen molar-refractivity contribution in [1.82, 2.24) is 45.3 Å². The predicted octanol–water partition coefficient (Wildman–Crippen LogP) is 10.6. The summed E-state index contributed by atoms with van der Waals surface area (Å²) in [5.41, 5.74) is 11.2. The summed E-state index contributed by atoms with van der Waals surface area (Å²) in [6.07, 6.45) is 13.8. The number of fused-ring (bicyclic) bond motifs is 2. The van der Waals surface area contributed by atoms with Crippen molar-refractivity contribution in [1.29, 1.82) is 0 Å². The lowest BCUT2D eigenvalue weighted by Gasteiger charge is -2.59. The zero-order chi connectivity index (χ0) is 57.3. The lowest BCUT2D eigenvalue weighted by Crippen LogP contribution is -2.71. The number of rotatable bonds is 22. The topological polar surface area (TPSA) is 140 Å². The molecule has 7 atom stereocenters. The van der Waals surface area contributed by atoms with Crippen molar-refractivity contribution in [2.45, 2.75) is 196 Å². The van der Waals surface area contributed by atoms with Crippen molar-refractivity contribution < 1.29 is 31.1 Å². The first-order valence-corrected chi connectivity index (χ1v) is 31.5. The Morgan fingerprint density at radius 2 is 1.74 bits per heavy atom. The Morgan fingerprint density at radius 3 is 2.38 bits per heavy atom. The number of benzene rings is 1. The van der Waals surface area contributed by atoms with Crippen LogP contribution in [0.25, 0.3) is 22.2 Å². The van der Waals surface area contributed by atoms with Gasteiger partial charge >= 0.3 is 5.97 Å². The molecule has 7 heterocycles. The Labute approximate surface area is 490 Å². The standard InChI is InChI=1S/C62H97FN10O5.C2H6.CH4.2H2/c1-10-28-69(48-17-18-53-50(34-48)52(35-61(7,8)41-78-45(6)74)58(71(53)11-2)51-33-47(46-19-26-64-27-20-46)36-65-55(51)44(5)77-9)31-21-54(70-39-62(40-70)22-15-23-62)56(60(76)73-30-13-12-25-66-73)67-59(75)57-43(4)42(3)37-68(32-24-63)38-49-16-14-29-72(49)57;1-2;;;/h17-18,33-34,36,42-44,46,49,54,56-57,64,66H,10-16,19-32,35,37-41H2,1-9H3,(H,67,75);1-2H3;1H4;2*1H/t42?,43?,44-,49-,54+,56-,57-;;;;/m0..../s1. The van der Waals surface area contributed by atoms with Crippen molar-refractivity contribution in [2.75, 3.05) is 104 Å². The van der Waals surface area contributed by atoms with Crippen LogP contribution in [0.1, 0.15) is 179 Å². The van der Waals surface area contributed by atoms with Crippen LogP contribution in [0.3, 0.4) is 0 Å². The van der Waals surface area contributed by atoms with Gasteiger partial charge in [0.1, 0.15) is 12.7 Å². The maximum absolute atomic E-state index is 15.4. The van der Waals surface area contributed by atoms with Gasteiger partial charge in [-0.1, -0.05) is 62.3 Å². The summed E-state index contributed by atoms with van der Waals surface area (Å²) in [6.45, 7) is 31.0. The van der Waals surface area contributed by atoms with Gasteiger partial charge in [-0.3, -0.25) is 39.1 Å². The maximum Gasteiger partial charge on any atom is 0.302 e. The number of piperidine rings is 1. The van der Waals surface area contributed by atoms with E-state index in [9.17, 15) is 9.18 Å². The second-order valence-corrected chi connectivity index (χ2v) is 25.5. The molecule has 458 valence electrons. The Bertz CT molecular complexity index is 2530. The molecule has 1 aromatic carbocycles. The number of nitrogens with one attached hydrogen (secondary N) is 3. The zero-order valence-corrected chi connectivity index (χ0v) is 51.1. The number of halogens is 1. The fourth-order valence-electron chi connectivity index (χ4n) is 14.6. The number of methoxy groups -OCH3 is 1. The fraction of sp³-hybridized carbons (Fsp3) is 0.754. The van der Waals surface area contributed by atoms with Crippen LogP contribution in [0.2, 0.25) is 0 Å². The van der Waals surface area contributed by atoms with E-state index >= 15 is 9.59 Å². The predicted molar refractivity (Wildman–Crippen MR) is 331 cm³/mol. The average Bonchev–Trinajstić information content (AvgIpc) is 2.17. The Morgan fingerprint density at radius 1 is 0.988 bits per heavy atom. The van der Waals surface area contributed by atoms with Gasteiger partial charge < -0.3 is 29.6 Å². The number of aryl methyl sites for hydroxylation is 1. The minimum Gasteiger partial charge on any atom is -0.465 e. The molecule has 2 unspecified atom stereocenters. The monoisotopic (exact) mass is 1130 g/mol. The van der Waals surface area contributed by atoms with E-state index in [1.54, 1.807) is 7.11 Å². The number of amides is 2. The SMILES string of the molecule is C.CC.CCCN(CC[C@H]([C@H](NC(=O)[C@@H]1C(C)C(C)CN(CCF)C[C@@H]2CCCN21)C(=O)N1CCCCN1)N1CC2(CCC2)C1)c1ccc2c(c1)c(CC(C)(C)COC(C)=O)c(-c1cc(C3CCNCC3)cnc1[C@H](C)OC)n2CC.[HH].[HH]. The molecule has 1 saturated carbocycles. The Hall–Kier alpha value is -4.19. The van der Waals surface area contributed by atoms with Gasteiger partial charge in [0.05, 0.1) is 30.1 Å². The number of pyridine rings is 1. The number of carbonyl (C=O) groups excluding carboxylic acids is 3. The smallest absolute Gasteiger partial charge is 0.302 e. The van der Waals surface area contributed by atoms with Gasteiger partial charge in [-0.05, 0) is 163 Å². The summed E-state index contributed by atoms with van der Waals surface area (Å²) < 4.78 is 28.1. The highest BCUT2D eigenvalue weighted by atomic mass is 19.1. The quantitative estimate of drug-likeness (QED) is 0.0826. The lowest BCUT2D eigenvalue weighted by molar-refractivity contribution is -0.149. The second-order valence-electron chi connectivity index (χ2n) is 25.5. The Balaban J connectivity index is 0.00000250. The molecule has 3 aromatic rings. The molecule has 0 bridgehead atoms. The number of hydrogen-bond donors (Lipinski definition) is 3. The molecule has 1 aliphatic carbocycles. The van der Waals surface area contributed by atoms with E-state index in [0.29, 0.717) is 43.8 Å². The molecule has 16 heteroatoms. The summed E-state index contributed by atoms with van der Waals surface area (Å²) in [7, 11) is 1.76. The number of ether oxygens (including phenoxy) is 2. The van der Waals surface area contributed by atoms with Crippen molar-refractivity contribution >= 4 is 34.4 Å². The molecule has 9 rings (SSSR count). The third kappa shape index (κ3) is 14.7. The molecule has 6 aliphatic rings. The normalized spacial score (nSPS) is 23.8. The van der Waals surface area contributed by atoms with E-state index in [0.717, 1.165) is 139 Å². The van der Waals surface area contributed by atoms with Crippen LogP contribution in [0.4, 0.5) is 10.1 Å². The minimum atomic E-state index is -0.742. The first-order chi connectivity index (χ1) is 38.6. The van der Waals surface area contributed by atoms with Gasteiger partial charge in [0.15, 0.2) is 0 Å². The summed E-state index contributed by atoms with van der Waals surface area (Å²) in [5, 5.41) is 10.1. The third-order valence-corrected chi connectivity index (χ3v) is 19.2. The molecule has 6 fully saturated rings. The number of aromatic nitrogens is 2. The zero-order valence-electron chi connectivity index (χ0n) is 51.1. The molecule has 81 heavy (non-hydrogen) atoms. The number of esters is 1. The number of carbonyl (C=O) groups is 3. The van der Waals surface area contributed by atoms with Crippen molar-refractivity contribution in [3.63, 3.8) is 0 Å². The largest absolute Gasteiger partial charge is 0.465 e. The fourth-order valence-corrected chi connectivity index (χ4v) is 14.6. The molecule has 0 radical (unpaired) electrons. The van der Waals surface area contributed by atoms with Crippen LogP contribution in [-0.4, -0.2) is 170 Å². The van der Waals surface area contributed by atoms with E-state index in [2.05, 4.69) is 119 Å². The van der Waals surface area contributed by atoms with Crippen molar-refractivity contribution in [3.8, 4) is 11.3 Å². The molecule has 2 amide bonds. The van der Waals surface area contributed by atoms with Crippen LogP contribution >= 0.6 is 0 Å². The molecular weight excluding hydrogens is 1020 g/mol. The highest BCUT2D eigenvalue weighted by molar-refractivity contribution is 5.95. The van der Waals surface area contributed by atoms with E-state index in [1.807, 2.05) is 18.9 Å². The Kier molecular flexibility index (Phi) is 23.1. The van der Waals surface area contributed by atoms with Gasteiger partial charge in [-0.2, -0.15) is 0 Å². The summed E-state index contributed by atoms with van der Waals surface area (Å²) in [6, 6.07) is 8.20. The van der Waals surface area contributed by atoms with Crippen LogP contribution < -0.4 is 21.0 Å². The molecule has 5 aliphatic heterocycles. The summed E-state index contributed by atoms with van der Waals surface area (Å²) >= 11 is 0. The lowest BCUT2D eigenvalue weighted by atomic mass is 9.63. The van der Waals surface area contributed by atoms with E-state index in [-0.39, 0.29) is 77.4 Å². The number of anilines is 1. The van der Waals surface area contributed by atoms with Gasteiger partial charge in [-0.25, -0.2) is 9.82 Å². The number of likely N-dealkylation sites (tertiary alicyclic amines) is 1. The number of hydrogen-bond acceptors (Lipinski definition) is 12. The van der Waals surface area contributed by atoms with E-state index in [4.69, 9.17) is 14.5 Å². The molecule has 15 nitrogen and oxygen atoms in total. The van der Waals surface area contributed by atoms with Crippen LogP contribution in [-0.2, 0) is 36.8 Å². The number of hydrazine groups is 1. The van der Waals surface area contributed by atoms with Gasteiger partial charge in [0.25, 0.3) is 5.91 Å². The van der Waals surface area contributed by atoms with Crippen molar-refractivity contribution in [3.05, 3.63) is 47.3 Å². The highest BCUT2D eigenvalue weighted by Crippen LogP contribution is 2.50. The molecule has 3 N–H and O–H groups in total. The maximum atomic E-state index is 15.4. The number of alkyl halides is 1. The summed E-state index contributed by atoms with van der Waals surface area (Å²) in [5.74, 6) is 0.216. The van der Waals surface area contributed by atoms with Gasteiger partial charge in [0.2, 0.25) is 5.91 Å². The summed E-state index contributed by atoms with van der Waals surface area (Å²) in [4.78, 5) is 58.1. The van der Waals surface area contributed by atoms with Crippen LogP contribution in [0.5, 0.6) is 0 Å². The molecule has 2 aromatic heterocycles. The number of nitrogens with zero attached hydrogens (tertiary/aromatic N) is 7. The third-order valence-electron chi connectivity index (χ3n) is 19.2. The minimum absolute atomic E-state index is 0. The van der Waals surface area contributed by atoms with E-state index < -0.39 is 11.5 Å². The molecule has 5 saturated heterocycles. The second kappa shape index (κ2) is 29.1. The first-order valence-electron chi connectivity index (χ1n) is 31.5. The van der Waals surface area contributed by atoms with Gasteiger partial charge in [-0.15, -0.1) is 0 Å². The van der Waals surface area contributed by atoms with E-state index in [1.165, 1.54) is 42.7 Å². The first kappa shape index (κ1) is 64.4. The van der Waals surface area contributed by atoms with Crippen LogP contribution in [0.15, 0.2) is 30.5 Å².